The summed E-state index contributed by atoms with van der Waals surface area (Å²) in [5.41, 5.74) is 1.48. The number of ether oxygens (including phenoxy) is 1. The Kier molecular flexibility index (Phi) is 5.33. The van der Waals surface area contributed by atoms with Crippen molar-refractivity contribution in [1.82, 2.24) is 25.2 Å². The van der Waals surface area contributed by atoms with E-state index in [2.05, 4.69) is 20.6 Å². The number of nitrogens with one attached hydrogen (secondary N) is 2. The number of amides is 2. The number of carbonyl (C=O) groups is 1. The Bertz CT molecular complexity index is 880. The molecule has 2 aromatic heterocycles. The van der Waals surface area contributed by atoms with E-state index in [1.54, 1.807) is 48.7 Å². The van der Waals surface area contributed by atoms with Crippen molar-refractivity contribution >= 4 is 6.03 Å². The molecule has 134 valence electrons. The van der Waals surface area contributed by atoms with Crippen molar-refractivity contribution in [3.63, 3.8) is 0 Å². The van der Waals surface area contributed by atoms with Crippen LogP contribution in [0.25, 0.3) is 5.82 Å². The van der Waals surface area contributed by atoms with Crippen LogP contribution >= 0.6 is 0 Å². The minimum Gasteiger partial charge on any atom is -0.508 e. The lowest BCUT2D eigenvalue weighted by atomic mass is 10.2. The van der Waals surface area contributed by atoms with Crippen LogP contribution in [0.3, 0.4) is 0 Å². The van der Waals surface area contributed by atoms with Gasteiger partial charge in [0.25, 0.3) is 0 Å². The fourth-order valence-electron chi connectivity index (χ4n) is 2.36. The Hall–Kier alpha value is -3.55. The van der Waals surface area contributed by atoms with Crippen molar-refractivity contribution < 1.29 is 14.6 Å². The molecule has 1 aromatic carbocycles. The number of methoxy groups -OCH3 is 1. The van der Waals surface area contributed by atoms with E-state index in [1.165, 1.54) is 6.07 Å². The van der Waals surface area contributed by atoms with Crippen molar-refractivity contribution in [2.24, 2.45) is 0 Å². The number of hydrogen-bond donors (Lipinski definition) is 3. The van der Waals surface area contributed by atoms with Gasteiger partial charge in [0.1, 0.15) is 23.6 Å². The average molecular weight is 353 g/mol. The first-order valence-corrected chi connectivity index (χ1v) is 7.96. The van der Waals surface area contributed by atoms with Gasteiger partial charge < -0.3 is 20.5 Å². The van der Waals surface area contributed by atoms with Crippen LogP contribution in [0.5, 0.6) is 11.5 Å². The molecule has 0 saturated carbocycles. The highest BCUT2D eigenvalue weighted by Crippen LogP contribution is 2.22. The topological polar surface area (TPSA) is 101 Å². The molecule has 2 amide bonds. The molecule has 3 aromatic rings. The number of phenolic OH excluding ortho intramolecular Hbond substituents is 1. The first kappa shape index (κ1) is 17.3. The summed E-state index contributed by atoms with van der Waals surface area (Å²) >= 11 is 0. The molecule has 0 aliphatic heterocycles. The summed E-state index contributed by atoms with van der Waals surface area (Å²) < 4.78 is 6.90. The number of nitrogens with zero attached hydrogens (tertiary/aromatic N) is 3. The standard InChI is InChI=1S/C18H19N5O3/c1-26-15-2-3-16(24)14(9-15)11-22-18(25)21-10-13-4-5-20-17(8-13)23-7-6-19-12-23/h2-9,12,24H,10-11H2,1H3,(H2,21,22,25). The van der Waals surface area contributed by atoms with Gasteiger partial charge in [0.15, 0.2) is 0 Å². The highest BCUT2D eigenvalue weighted by atomic mass is 16.5. The van der Waals surface area contributed by atoms with Crippen LogP contribution in [0.4, 0.5) is 4.79 Å². The number of aromatic hydroxyl groups is 1. The minimum absolute atomic E-state index is 0.102. The van der Waals surface area contributed by atoms with Crippen LogP contribution in [-0.4, -0.2) is 32.8 Å². The maximum atomic E-state index is 12.0. The maximum absolute atomic E-state index is 12.0. The fourth-order valence-corrected chi connectivity index (χ4v) is 2.36. The number of pyridine rings is 1. The number of urea groups is 1. The lowest BCUT2D eigenvalue weighted by molar-refractivity contribution is 0.240. The molecule has 26 heavy (non-hydrogen) atoms. The van der Waals surface area contributed by atoms with Crippen molar-refractivity contribution in [2.75, 3.05) is 7.11 Å². The average Bonchev–Trinajstić information content (AvgIpc) is 3.21. The van der Waals surface area contributed by atoms with Crippen LogP contribution in [-0.2, 0) is 13.1 Å². The third-order valence-electron chi connectivity index (χ3n) is 3.76. The molecule has 0 aliphatic carbocycles. The predicted molar refractivity (Wildman–Crippen MR) is 95.1 cm³/mol. The lowest BCUT2D eigenvalue weighted by Gasteiger charge is -2.10. The fraction of sp³-hybridized carbons (Fsp3) is 0.167. The zero-order valence-electron chi connectivity index (χ0n) is 14.2. The van der Waals surface area contributed by atoms with E-state index < -0.39 is 0 Å². The second-order valence-electron chi connectivity index (χ2n) is 5.52. The van der Waals surface area contributed by atoms with E-state index >= 15 is 0 Å². The first-order chi connectivity index (χ1) is 12.7. The van der Waals surface area contributed by atoms with E-state index in [0.717, 1.165) is 11.4 Å². The Morgan fingerprint density at radius 2 is 2.04 bits per heavy atom. The maximum Gasteiger partial charge on any atom is 0.315 e. The molecule has 8 heteroatoms. The van der Waals surface area contributed by atoms with Crippen molar-refractivity contribution in [3.8, 4) is 17.3 Å². The van der Waals surface area contributed by atoms with Crippen LogP contribution < -0.4 is 15.4 Å². The Labute approximate surface area is 150 Å². The summed E-state index contributed by atoms with van der Waals surface area (Å²) in [6.45, 7) is 0.533. The molecule has 0 spiro atoms. The van der Waals surface area contributed by atoms with E-state index in [-0.39, 0.29) is 18.3 Å². The van der Waals surface area contributed by atoms with Crippen molar-refractivity contribution in [1.29, 1.82) is 0 Å². The Balaban J connectivity index is 1.54. The predicted octanol–water partition coefficient (Wildman–Crippen LogP) is 1.98. The zero-order chi connectivity index (χ0) is 18.4. The molecule has 3 rings (SSSR count). The number of benzene rings is 1. The number of phenols is 1. The number of hydrogen-bond acceptors (Lipinski definition) is 5. The smallest absolute Gasteiger partial charge is 0.315 e. The molecule has 2 heterocycles. The Morgan fingerprint density at radius 1 is 1.19 bits per heavy atom. The molecule has 0 saturated heterocycles. The van der Waals surface area contributed by atoms with Crippen LogP contribution in [0.2, 0.25) is 0 Å². The number of aromatic nitrogens is 3. The van der Waals surface area contributed by atoms with Gasteiger partial charge in [-0.25, -0.2) is 14.8 Å². The van der Waals surface area contributed by atoms with Crippen molar-refractivity contribution in [3.05, 3.63) is 66.4 Å². The molecular weight excluding hydrogens is 334 g/mol. The molecule has 0 fully saturated rings. The Morgan fingerprint density at radius 3 is 2.81 bits per heavy atom. The zero-order valence-corrected chi connectivity index (χ0v) is 14.2. The second-order valence-corrected chi connectivity index (χ2v) is 5.52. The van der Waals surface area contributed by atoms with Gasteiger partial charge in [0.05, 0.1) is 7.11 Å². The van der Waals surface area contributed by atoms with Gasteiger partial charge in [0.2, 0.25) is 0 Å². The highest BCUT2D eigenvalue weighted by molar-refractivity contribution is 5.74. The normalized spacial score (nSPS) is 10.3. The largest absolute Gasteiger partial charge is 0.508 e. The van der Waals surface area contributed by atoms with Gasteiger partial charge in [-0.15, -0.1) is 0 Å². The van der Waals surface area contributed by atoms with Crippen LogP contribution in [0.15, 0.2) is 55.2 Å². The quantitative estimate of drug-likeness (QED) is 0.629. The van der Waals surface area contributed by atoms with E-state index in [9.17, 15) is 9.90 Å². The third kappa shape index (κ3) is 4.29. The SMILES string of the molecule is COc1ccc(O)c(CNC(=O)NCc2ccnc(-n3ccnc3)c2)c1. The van der Waals surface area contributed by atoms with E-state index in [1.807, 2.05) is 12.1 Å². The molecule has 0 aliphatic rings. The number of imidazole rings is 1. The molecular formula is C18H19N5O3. The van der Waals surface area contributed by atoms with Crippen molar-refractivity contribution in [2.45, 2.75) is 13.1 Å². The van der Waals surface area contributed by atoms with E-state index in [0.29, 0.717) is 17.9 Å². The summed E-state index contributed by atoms with van der Waals surface area (Å²) in [4.78, 5) is 20.3. The molecule has 3 N–H and O–H groups in total. The highest BCUT2D eigenvalue weighted by Gasteiger charge is 2.07. The third-order valence-corrected chi connectivity index (χ3v) is 3.76. The van der Waals surface area contributed by atoms with Gasteiger partial charge in [0, 0.05) is 37.2 Å². The summed E-state index contributed by atoms with van der Waals surface area (Å²) in [5, 5.41) is 15.3. The monoisotopic (exact) mass is 353 g/mol. The molecule has 0 atom stereocenters. The number of rotatable bonds is 6. The second kappa shape index (κ2) is 8.02. The summed E-state index contributed by atoms with van der Waals surface area (Å²) in [5.74, 6) is 1.44. The van der Waals surface area contributed by atoms with Gasteiger partial charge in [-0.1, -0.05) is 0 Å². The lowest BCUT2D eigenvalue weighted by Crippen LogP contribution is -2.34. The molecule has 0 bridgehead atoms. The molecule has 0 radical (unpaired) electrons. The number of carbonyl (C=O) groups excluding carboxylic acids is 1. The van der Waals surface area contributed by atoms with Gasteiger partial charge >= 0.3 is 6.03 Å². The molecule has 8 nitrogen and oxygen atoms in total. The summed E-state index contributed by atoms with van der Waals surface area (Å²) in [6, 6.07) is 8.22. The van der Waals surface area contributed by atoms with Crippen LogP contribution in [0, 0.1) is 0 Å². The van der Waals surface area contributed by atoms with Crippen LogP contribution in [0.1, 0.15) is 11.1 Å². The summed E-state index contributed by atoms with van der Waals surface area (Å²) in [6.07, 6.45) is 6.81. The van der Waals surface area contributed by atoms with Gasteiger partial charge in [-0.2, -0.15) is 0 Å². The van der Waals surface area contributed by atoms with Gasteiger partial charge in [-0.05, 0) is 35.9 Å². The first-order valence-electron chi connectivity index (χ1n) is 7.96. The molecule has 0 unspecified atom stereocenters. The summed E-state index contributed by atoms with van der Waals surface area (Å²) in [7, 11) is 1.54. The van der Waals surface area contributed by atoms with Gasteiger partial charge in [-0.3, -0.25) is 4.57 Å². The van der Waals surface area contributed by atoms with E-state index in [4.69, 9.17) is 4.74 Å². The minimum atomic E-state index is -0.340.